The Morgan fingerprint density at radius 3 is 3.11 bits per heavy atom. The Balaban J connectivity index is 2.35. The molecule has 0 saturated carbocycles. The highest BCUT2D eigenvalue weighted by molar-refractivity contribution is 5.66. The van der Waals surface area contributed by atoms with Gasteiger partial charge in [-0.25, -0.2) is 0 Å². The van der Waals surface area contributed by atoms with E-state index in [9.17, 15) is 4.79 Å². The molecule has 0 spiro atoms. The van der Waals surface area contributed by atoms with Crippen molar-refractivity contribution in [2.75, 3.05) is 6.79 Å². The van der Waals surface area contributed by atoms with E-state index in [0.29, 0.717) is 0 Å². The van der Waals surface area contributed by atoms with Crippen molar-refractivity contribution in [3.8, 4) is 0 Å². The maximum atomic E-state index is 10.2. The lowest BCUT2D eigenvalue weighted by Crippen LogP contribution is -1.98. The van der Waals surface area contributed by atoms with E-state index in [2.05, 4.69) is 14.2 Å². The molecule has 0 amide bonds. The van der Waals surface area contributed by atoms with Crippen LogP contribution in [0.3, 0.4) is 0 Å². The predicted octanol–water partition coefficient (Wildman–Crippen LogP) is 0.353. The van der Waals surface area contributed by atoms with Gasteiger partial charge in [-0.05, 0) is 0 Å². The Morgan fingerprint density at radius 2 is 2.67 bits per heavy atom. The third-order valence-electron chi connectivity index (χ3n) is 0.693. The van der Waals surface area contributed by atoms with Gasteiger partial charge in [0, 0.05) is 6.92 Å². The van der Waals surface area contributed by atoms with Crippen molar-refractivity contribution < 1.29 is 19.0 Å². The van der Waals surface area contributed by atoms with Gasteiger partial charge in [-0.1, -0.05) is 0 Å². The van der Waals surface area contributed by atoms with E-state index in [1.54, 1.807) is 0 Å². The maximum Gasteiger partial charge on any atom is 0.326 e. The zero-order valence-electron chi connectivity index (χ0n) is 4.92. The van der Waals surface area contributed by atoms with Gasteiger partial charge in [0.1, 0.15) is 0 Å². The Hall–Kier alpha value is -1.19. The Kier molecular flexibility index (Phi) is 1.58. The normalized spacial score (nSPS) is 15.4. The number of hydrogen-bond acceptors (Lipinski definition) is 4. The van der Waals surface area contributed by atoms with Gasteiger partial charge in [0.05, 0.1) is 0 Å². The van der Waals surface area contributed by atoms with Gasteiger partial charge < -0.3 is 14.2 Å². The summed E-state index contributed by atoms with van der Waals surface area (Å²) in [4.78, 5) is 10.2. The Bertz CT molecular complexity index is 149. The van der Waals surface area contributed by atoms with Crippen LogP contribution in [0.1, 0.15) is 6.92 Å². The predicted molar refractivity (Wildman–Crippen MR) is 26.9 cm³/mol. The number of rotatable bonds is 1. The van der Waals surface area contributed by atoms with Crippen molar-refractivity contribution in [1.82, 2.24) is 0 Å². The molecule has 0 aliphatic carbocycles. The van der Waals surface area contributed by atoms with Crippen LogP contribution in [0.25, 0.3) is 0 Å². The minimum Gasteiger partial charge on any atom is -0.458 e. The van der Waals surface area contributed by atoms with E-state index in [1.165, 1.54) is 13.2 Å². The second kappa shape index (κ2) is 2.39. The van der Waals surface area contributed by atoms with E-state index >= 15 is 0 Å². The minimum atomic E-state index is -0.410. The van der Waals surface area contributed by atoms with E-state index in [-0.39, 0.29) is 12.7 Å². The highest BCUT2D eigenvalue weighted by Gasteiger charge is 2.08. The molecule has 0 radical (unpaired) electrons. The Labute approximate surface area is 52.0 Å². The molecule has 0 N–H and O–H groups in total. The first kappa shape index (κ1) is 5.94. The molecule has 0 aromatic rings. The molecule has 0 unspecified atom stereocenters. The third-order valence-corrected chi connectivity index (χ3v) is 0.693. The first-order valence-corrected chi connectivity index (χ1v) is 2.42. The maximum absolute atomic E-state index is 10.2. The average Bonchev–Trinajstić information content (AvgIpc) is 2.15. The van der Waals surface area contributed by atoms with Crippen molar-refractivity contribution >= 4 is 5.97 Å². The van der Waals surface area contributed by atoms with Crippen LogP contribution in [0.4, 0.5) is 0 Å². The lowest BCUT2D eigenvalue weighted by molar-refractivity contribution is -0.142. The SMILES string of the molecule is CC(=O)OC1=COCO1. The Morgan fingerprint density at radius 1 is 1.89 bits per heavy atom. The van der Waals surface area contributed by atoms with Crippen LogP contribution >= 0.6 is 0 Å². The number of hydrogen-bond donors (Lipinski definition) is 0. The summed E-state index contributed by atoms with van der Waals surface area (Å²) in [5.41, 5.74) is 0. The van der Waals surface area contributed by atoms with Gasteiger partial charge in [-0.3, -0.25) is 4.79 Å². The number of esters is 1. The molecule has 50 valence electrons. The molecule has 0 aromatic heterocycles. The molecule has 0 aromatic carbocycles. The summed E-state index contributed by atoms with van der Waals surface area (Å²) in [6, 6.07) is 0. The van der Waals surface area contributed by atoms with Crippen molar-refractivity contribution in [2.24, 2.45) is 0 Å². The molecule has 4 nitrogen and oxygen atoms in total. The van der Waals surface area contributed by atoms with Crippen molar-refractivity contribution in [3.05, 3.63) is 12.2 Å². The lowest BCUT2D eigenvalue weighted by Gasteiger charge is -1.96. The fourth-order valence-electron chi connectivity index (χ4n) is 0.423. The topological polar surface area (TPSA) is 44.8 Å². The van der Waals surface area contributed by atoms with Crippen LogP contribution in [0.15, 0.2) is 12.2 Å². The summed E-state index contributed by atoms with van der Waals surface area (Å²) in [7, 11) is 0. The first-order valence-electron chi connectivity index (χ1n) is 2.42. The third kappa shape index (κ3) is 1.64. The molecule has 1 aliphatic heterocycles. The minimum absolute atomic E-state index is 0.127. The highest BCUT2D eigenvalue weighted by Crippen LogP contribution is 2.06. The van der Waals surface area contributed by atoms with Gasteiger partial charge in [0.2, 0.25) is 6.79 Å². The van der Waals surface area contributed by atoms with Gasteiger partial charge in [0.25, 0.3) is 0 Å². The van der Waals surface area contributed by atoms with Gasteiger partial charge >= 0.3 is 11.9 Å². The van der Waals surface area contributed by atoms with Crippen molar-refractivity contribution in [2.45, 2.75) is 6.92 Å². The highest BCUT2D eigenvalue weighted by atomic mass is 16.8. The van der Waals surface area contributed by atoms with Crippen LogP contribution in [-0.4, -0.2) is 12.8 Å². The van der Waals surface area contributed by atoms with E-state index in [0.717, 1.165) is 0 Å². The van der Waals surface area contributed by atoms with Crippen molar-refractivity contribution in [3.63, 3.8) is 0 Å². The average molecular weight is 130 g/mol. The van der Waals surface area contributed by atoms with Crippen LogP contribution in [0, 0.1) is 0 Å². The fraction of sp³-hybridized carbons (Fsp3) is 0.400. The monoisotopic (exact) mass is 130 g/mol. The molecule has 0 fully saturated rings. The molecule has 1 rings (SSSR count). The molecule has 0 saturated heterocycles. The zero-order chi connectivity index (χ0) is 6.69. The van der Waals surface area contributed by atoms with Crippen LogP contribution in [-0.2, 0) is 19.0 Å². The molecular weight excluding hydrogens is 124 g/mol. The van der Waals surface area contributed by atoms with E-state index in [1.807, 2.05) is 0 Å². The number of carbonyl (C=O) groups excluding carboxylic acids is 1. The number of carbonyl (C=O) groups is 1. The zero-order valence-corrected chi connectivity index (χ0v) is 4.92. The van der Waals surface area contributed by atoms with E-state index in [4.69, 9.17) is 0 Å². The van der Waals surface area contributed by atoms with Crippen LogP contribution in [0.5, 0.6) is 0 Å². The van der Waals surface area contributed by atoms with Gasteiger partial charge in [0.15, 0.2) is 6.26 Å². The summed E-state index contributed by atoms with van der Waals surface area (Å²) in [5.74, 6) is -0.283. The smallest absolute Gasteiger partial charge is 0.326 e. The van der Waals surface area contributed by atoms with Gasteiger partial charge in [-0.2, -0.15) is 0 Å². The van der Waals surface area contributed by atoms with E-state index < -0.39 is 5.97 Å². The molecule has 9 heavy (non-hydrogen) atoms. The summed E-state index contributed by atoms with van der Waals surface area (Å²) in [5, 5.41) is 0. The summed E-state index contributed by atoms with van der Waals surface area (Å²) in [6.07, 6.45) is 1.25. The molecular formula is C5H6O4. The summed E-state index contributed by atoms with van der Waals surface area (Å²) in [6.45, 7) is 1.42. The largest absolute Gasteiger partial charge is 0.458 e. The molecule has 0 bridgehead atoms. The molecule has 0 atom stereocenters. The summed E-state index contributed by atoms with van der Waals surface area (Å²) >= 11 is 0. The second-order valence-corrected chi connectivity index (χ2v) is 1.46. The molecule has 1 aliphatic rings. The summed E-state index contributed by atoms with van der Waals surface area (Å²) < 4.78 is 13.7. The quantitative estimate of drug-likeness (QED) is 0.480. The number of ether oxygens (including phenoxy) is 3. The standard InChI is InChI=1S/C5H6O4/c1-4(6)9-5-2-7-3-8-5/h2H,3H2,1H3. The van der Waals surface area contributed by atoms with Gasteiger partial charge in [-0.15, -0.1) is 0 Å². The molecule has 4 heteroatoms. The fourth-order valence-corrected chi connectivity index (χ4v) is 0.423. The van der Waals surface area contributed by atoms with Crippen LogP contribution in [0.2, 0.25) is 0 Å². The van der Waals surface area contributed by atoms with Crippen molar-refractivity contribution in [1.29, 1.82) is 0 Å². The molecule has 1 heterocycles. The first-order chi connectivity index (χ1) is 4.29. The van der Waals surface area contributed by atoms with Crippen LogP contribution < -0.4 is 0 Å². The second-order valence-electron chi connectivity index (χ2n) is 1.46. The lowest BCUT2D eigenvalue weighted by atomic mass is 10.8.